The van der Waals surface area contributed by atoms with Crippen LogP contribution in [0.4, 0.5) is 0 Å². The molecule has 1 aliphatic heterocycles. The SMILES string of the molecule is C=Cc1ccc(C(=O)NC2CCN(C)CC2)cc1. The molecule has 3 nitrogen and oxygen atoms in total. The standard InChI is InChI=1S/C15H20N2O/c1-3-12-4-6-13(7-5-12)15(18)16-14-8-10-17(2)11-9-14/h3-7,14H,1,8-11H2,2H3,(H,16,18). The van der Waals surface area contributed by atoms with E-state index in [-0.39, 0.29) is 5.91 Å². The Kier molecular flexibility index (Phi) is 4.15. The van der Waals surface area contributed by atoms with Gasteiger partial charge in [0.2, 0.25) is 0 Å². The van der Waals surface area contributed by atoms with Gasteiger partial charge in [0.15, 0.2) is 0 Å². The molecule has 0 unspecified atom stereocenters. The maximum absolute atomic E-state index is 12.0. The molecule has 1 saturated heterocycles. The van der Waals surface area contributed by atoms with Crippen molar-refractivity contribution in [3.63, 3.8) is 0 Å². The first-order valence-corrected chi connectivity index (χ1v) is 6.41. The Labute approximate surface area is 108 Å². The van der Waals surface area contributed by atoms with Gasteiger partial charge >= 0.3 is 0 Å². The first-order valence-electron chi connectivity index (χ1n) is 6.41. The van der Waals surface area contributed by atoms with Crippen molar-refractivity contribution in [2.75, 3.05) is 20.1 Å². The van der Waals surface area contributed by atoms with Crippen LogP contribution in [-0.2, 0) is 0 Å². The summed E-state index contributed by atoms with van der Waals surface area (Å²) in [6, 6.07) is 7.84. The predicted octanol–water partition coefficient (Wildman–Crippen LogP) is 2.15. The van der Waals surface area contributed by atoms with E-state index in [1.807, 2.05) is 24.3 Å². The summed E-state index contributed by atoms with van der Waals surface area (Å²) in [6.45, 7) is 5.81. The predicted molar refractivity (Wildman–Crippen MR) is 74.5 cm³/mol. The molecule has 0 saturated carbocycles. The molecule has 1 N–H and O–H groups in total. The van der Waals surface area contributed by atoms with E-state index in [0.29, 0.717) is 6.04 Å². The van der Waals surface area contributed by atoms with E-state index >= 15 is 0 Å². The van der Waals surface area contributed by atoms with E-state index in [1.54, 1.807) is 6.08 Å². The Morgan fingerprint density at radius 1 is 1.33 bits per heavy atom. The van der Waals surface area contributed by atoms with Crippen LogP contribution in [0.25, 0.3) is 6.08 Å². The molecule has 0 aromatic heterocycles. The lowest BCUT2D eigenvalue weighted by atomic mass is 10.0. The van der Waals surface area contributed by atoms with Gasteiger partial charge in [0.1, 0.15) is 0 Å². The zero-order chi connectivity index (χ0) is 13.0. The third-order valence-electron chi connectivity index (χ3n) is 3.46. The fourth-order valence-corrected chi connectivity index (χ4v) is 2.19. The van der Waals surface area contributed by atoms with Crippen LogP contribution in [-0.4, -0.2) is 37.0 Å². The number of hydrogen-bond donors (Lipinski definition) is 1. The van der Waals surface area contributed by atoms with E-state index < -0.39 is 0 Å². The summed E-state index contributed by atoms with van der Waals surface area (Å²) in [7, 11) is 2.12. The minimum atomic E-state index is 0.0279. The molecular formula is C15H20N2O. The van der Waals surface area contributed by atoms with Gasteiger partial charge in [0, 0.05) is 11.6 Å². The monoisotopic (exact) mass is 244 g/mol. The van der Waals surface area contributed by atoms with Gasteiger partial charge in [-0.1, -0.05) is 24.8 Å². The zero-order valence-corrected chi connectivity index (χ0v) is 10.9. The summed E-state index contributed by atoms with van der Waals surface area (Å²) >= 11 is 0. The number of piperidine rings is 1. The van der Waals surface area contributed by atoms with Crippen molar-refractivity contribution in [3.05, 3.63) is 42.0 Å². The first-order chi connectivity index (χ1) is 8.69. The summed E-state index contributed by atoms with van der Waals surface area (Å²) in [5.41, 5.74) is 1.75. The molecule has 1 heterocycles. The Hall–Kier alpha value is -1.61. The van der Waals surface area contributed by atoms with Crippen LogP contribution in [0.1, 0.15) is 28.8 Å². The molecule has 2 rings (SSSR count). The van der Waals surface area contributed by atoms with Gasteiger partial charge in [0.25, 0.3) is 5.91 Å². The van der Waals surface area contributed by atoms with Gasteiger partial charge in [-0.05, 0) is 50.7 Å². The molecule has 0 aliphatic carbocycles. The van der Waals surface area contributed by atoms with Gasteiger partial charge in [-0.15, -0.1) is 0 Å². The minimum Gasteiger partial charge on any atom is -0.349 e. The van der Waals surface area contributed by atoms with Gasteiger partial charge in [-0.3, -0.25) is 4.79 Å². The number of hydrogen-bond acceptors (Lipinski definition) is 2. The molecule has 0 radical (unpaired) electrons. The van der Waals surface area contributed by atoms with Crippen molar-refractivity contribution in [3.8, 4) is 0 Å². The van der Waals surface area contributed by atoms with Gasteiger partial charge in [-0.2, -0.15) is 0 Å². The van der Waals surface area contributed by atoms with E-state index in [2.05, 4.69) is 23.8 Å². The van der Waals surface area contributed by atoms with E-state index in [1.165, 1.54) is 0 Å². The Balaban J connectivity index is 1.92. The largest absolute Gasteiger partial charge is 0.349 e. The van der Waals surface area contributed by atoms with Crippen molar-refractivity contribution in [2.24, 2.45) is 0 Å². The average Bonchev–Trinajstić information content (AvgIpc) is 2.41. The summed E-state index contributed by atoms with van der Waals surface area (Å²) < 4.78 is 0. The molecule has 1 amide bonds. The van der Waals surface area contributed by atoms with Crippen molar-refractivity contribution in [1.29, 1.82) is 0 Å². The van der Waals surface area contributed by atoms with Crippen LogP contribution in [0.2, 0.25) is 0 Å². The molecule has 0 spiro atoms. The molecule has 3 heteroatoms. The molecule has 0 atom stereocenters. The maximum Gasteiger partial charge on any atom is 0.251 e. The number of rotatable bonds is 3. The number of carbonyl (C=O) groups is 1. The lowest BCUT2D eigenvalue weighted by Crippen LogP contribution is -2.43. The Morgan fingerprint density at radius 2 is 1.94 bits per heavy atom. The summed E-state index contributed by atoms with van der Waals surface area (Å²) in [4.78, 5) is 14.3. The molecular weight excluding hydrogens is 224 g/mol. The smallest absolute Gasteiger partial charge is 0.251 e. The second-order valence-electron chi connectivity index (χ2n) is 4.88. The normalized spacial score (nSPS) is 17.4. The van der Waals surface area contributed by atoms with Gasteiger partial charge < -0.3 is 10.2 Å². The third-order valence-corrected chi connectivity index (χ3v) is 3.46. The number of nitrogens with one attached hydrogen (secondary N) is 1. The second-order valence-corrected chi connectivity index (χ2v) is 4.88. The lowest BCUT2D eigenvalue weighted by molar-refractivity contribution is 0.0917. The van der Waals surface area contributed by atoms with Gasteiger partial charge in [0.05, 0.1) is 0 Å². The highest BCUT2D eigenvalue weighted by molar-refractivity contribution is 5.94. The fourth-order valence-electron chi connectivity index (χ4n) is 2.19. The number of nitrogens with zero attached hydrogens (tertiary/aromatic N) is 1. The van der Waals surface area contributed by atoms with Crippen LogP contribution in [0, 0.1) is 0 Å². The minimum absolute atomic E-state index is 0.0279. The van der Waals surface area contributed by atoms with Crippen LogP contribution >= 0.6 is 0 Å². The first kappa shape index (κ1) is 12.8. The topological polar surface area (TPSA) is 32.3 Å². The molecule has 1 aromatic carbocycles. The summed E-state index contributed by atoms with van der Waals surface area (Å²) in [5, 5.41) is 3.10. The fraction of sp³-hybridized carbons (Fsp3) is 0.400. The Morgan fingerprint density at radius 3 is 2.50 bits per heavy atom. The highest BCUT2D eigenvalue weighted by atomic mass is 16.1. The lowest BCUT2D eigenvalue weighted by Gasteiger charge is -2.29. The molecule has 1 aliphatic rings. The zero-order valence-electron chi connectivity index (χ0n) is 10.9. The highest BCUT2D eigenvalue weighted by Crippen LogP contribution is 2.10. The van der Waals surface area contributed by atoms with Crippen molar-refractivity contribution < 1.29 is 4.79 Å². The summed E-state index contributed by atoms with van der Waals surface area (Å²) in [6.07, 6.45) is 3.85. The quantitative estimate of drug-likeness (QED) is 0.883. The number of carbonyl (C=O) groups excluding carboxylic acids is 1. The Bertz CT molecular complexity index is 417. The van der Waals surface area contributed by atoms with E-state index in [4.69, 9.17) is 0 Å². The molecule has 96 valence electrons. The molecule has 0 bridgehead atoms. The second kappa shape index (κ2) is 5.83. The van der Waals surface area contributed by atoms with E-state index in [0.717, 1.165) is 37.1 Å². The highest BCUT2D eigenvalue weighted by Gasteiger charge is 2.18. The van der Waals surface area contributed by atoms with Crippen LogP contribution in [0.5, 0.6) is 0 Å². The van der Waals surface area contributed by atoms with Crippen molar-refractivity contribution in [1.82, 2.24) is 10.2 Å². The number of likely N-dealkylation sites (tertiary alicyclic amines) is 1. The van der Waals surface area contributed by atoms with Crippen molar-refractivity contribution in [2.45, 2.75) is 18.9 Å². The third kappa shape index (κ3) is 3.20. The maximum atomic E-state index is 12.0. The number of benzene rings is 1. The molecule has 1 fully saturated rings. The molecule has 1 aromatic rings. The van der Waals surface area contributed by atoms with Crippen LogP contribution in [0.3, 0.4) is 0 Å². The van der Waals surface area contributed by atoms with Crippen LogP contribution in [0.15, 0.2) is 30.8 Å². The average molecular weight is 244 g/mol. The van der Waals surface area contributed by atoms with Crippen molar-refractivity contribution >= 4 is 12.0 Å². The summed E-state index contributed by atoms with van der Waals surface area (Å²) in [5.74, 6) is 0.0279. The molecule has 18 heavy (non-hydrogen) atoms. The van der Waals surface area contributed by atoms with E-state index in [9.17, 15) is 4.79 Å². The van der Waals surface area contributed by atoms with Gasteiger partial charge in [-0.25, -0.2) is 0 Å². The number of amides is 1. The van der Waals surface area contributed by atoms with Crippen LogP contribution < -0.4 is 5.32 Å².